The summed E-state index contributed by atoms with van der Waals surface area (Å²) in [6.45, 7) is 6.05. The summed E-state index contributed by atoms with van der Waals surface area (Å²) >= 11 is 2.68. The van der Waals surface area contributed by atoms with E-state index in [1.807, 2.05) is 49.4 Å². The van der Waals surface area contributed by atoms with E-state index in [4.69, 9.17) is 0 Å². The maximum atomic E-state index is 13.3. The summed E-state index contributed by atoms with van der Waals surface area (Å²) in [4.78, 5) is 39.2. The molecule has 8 nitrogen and oxygen atoms in total. The molecule has 3 amide bonds. The Bertz CT molecular complexity index is 1500. The molecule has 40 heavy (non-hydrogen) atoms. The van der Waals surface area contributed by atoms with E-state index in [1.165, 1.54) is 28.7 Å². The smallest absolute Gasteiger partial charge is 0.272 e. The Labute approximate surface area is 241 Å². The third-order valence-corrected chi connectivity index (χ3v) is 7.46. The highest BCUT2D eigenvalue weighted by atomic mass is 32.2. The molecular formula is C30H29N5O3S2. The Hall–Kier alpha value is -4.28. The first-order chi connectivity index (χ1) is 19.3. The van der Waals surface area contributed by atoms with Crippen LogP contribution in [0.2, 0.25) is 0 Å². The molecule has 0 aliphatic rings. The minimum absolute atomic E-state index is 0.119. The second-order valence-corrected chi connectivity index (χ2v) is 11.4. The molecule has 0 unspecified atom stereocenters. The minimum atomic E-state index is -0.454. The third-order valence-electron chi connectivity index (χ3n) is 5.70. The lowest BCUT2D eigenvalue weighted by Crippen LogP contribution is -2.30. The van der Waals surface area contributed by atoms with Crippen molar-refractivity contribution >= 4 is 57.7 Å². The summed E-state index contributed by atoms with van der Waals surface area (Å²) in [7, 11) is 0. The first-order valence-electron chi connectivity index (χ1n) is 12.6. The molecule has 204 valence electrons. The van der Waals surface area contributed by atoms with Crippen LogP contribution in [-0.2, 0) is 9.59 Å². The highest BCUT2D eigenvalue weighted by Crippen LogP contribution is 2.22. The fraction of sp³-hybridized carbons (Fsp3) is 0.167. The number of carbonyl (C=O) groups is 3. The zero-order chi connectivity index (χ0) is 28.5. The van der Waals surface area contributed by atoms with Gasteiger partial charge in [0.2, 0.25) is 11.0 Å². The fourth-order valence-corrected chi connectivity index (χ4v) is 4.88. The quantitative estimate of drug-likeness (QED) is 0.156. The number of aromatic nitrogens is 2. The van der Waals surface area contributed by atoms with E-state index in [0.717, 1.165) is 15.5 Å². The number of anilines is 2. The molecule has 4 aromatic rings. The molecule has 0 aliphatic carbocycles. The number of rotatable bonds is 10. The monoisotopic (exact) mass is 571 g/mol. The van der Waals surface area contributed by atoms with Crippen molar-refractivity contribution < 1.29 is 14.4 Å². The van der Waals surface area contributed by atoms with E-state index >= 15 is 0 Å². The van der Waals surface area contributed by atoms with Crippen LogP contribution < -0.4 is 16.0 Å². The van der Waals surface area contributed by atoms with Gasteiger partial charge < -0.3 is 10.6 Å². The minimum Gasteiger partial charge on any atom is -0.321 e. The van der Waals surface area contributed by atoms with Gasteiger partial charge in [0, 0.05) is 16.1 Å². The van der Waals surface area contributed by atoms with Gasteiger partial charge in [0.15, 0.2) is 0 Å². The number of nitrogens with one attached hydrogen (secondary N) is 3. The van der Waals surface area contributed by atoms with Crippen LogP contribution in [0, 0.1) is 6.92 Å². The predicted molar refractivity (Wildman–Crippen MR) is 161 cm³/mol. The summed E-state index contributed by atoms with van der Waals surface area (Å²) < 4.78 is 0. The van der Waals surface area contributed by atoms with Gasteiger partial charge in [-0.2, -0.15) is 0 Å². The van der Waals surface area contributed by atoms with Crippen LogP contribution in [0.3, 0.4) is 0 Å². The maximum absolute atomic E-state index is 13.3. The number of benzene rings is 3. The second kappa shape index (κ2) is 13.7. The molecule has 0 atom stereocenters. The Morgan fingerprint density at radius 1 is 0.900 bits per heavy atom. The van der Waals surface area contributed by atoms with Crippen molar-refractivity contribution in [3.63, 3.8) is 0 Å². The first kappa shape index (κ1) is 28.7. The van der Waals surface area contributed by atoms with Crippen molar-refractivity contribution in [2.75, 3.05) is 16.4 Å². The molecule has 10 heteroatoms. The van der Waals surface area contributed by atoms with Crippen molar-refractivity contribution in [3.05, 3.63) is 106 Å². The largest absolute Gasteiger partial charge is 0.321 e. The van der Waals surface area contributed by atoms with Gasteiger partial charge in [-0.15, -0.1) is 22.0 Å². The van der Waals surface area contributed by atoms with Crippen LogP contribution in [-0.4, -0.2) is 33.7 Å². The number of hydrogen-bond donors (Lipinski definition) is 3. The van der Waals surface area contributed by atoms with Gasteiger partial charge in [0.05, 0.1) is 5.75 Å². The Morgan fingerprint density at radius 2 is 1.60 bits per heavy atom. The molecule has 0 spiro atoms. The van der Waals surface area contributed by atoms with Crippen LogP contribution in [0.25, 0.3) is 6.08 Å². The van der Waals surface area contributed by atoms with Crippen LogP contribution in [0.4, 0.5) is 10.8 Å². The van der Waals surface area contributed by atoms with Crippen molar-refractivity contribution in [2.24, 2.45) is 0 Å². The molecule has 3 N–H and O–H groups in total. The lowest BCUT2D eigenvalue weighted by atomic mass is 10.0. The third kappa shape index (κ3) is 8.36. The van der Waals surface area contributed by atoms with E-state index in [2.05, 4.69) is 40.0 Å². The molecule has 4 rings (SSSR count). The molecule has 0 fully saturated rings. The number of carbonyl (C=O) groups excluding carboxylic acids is 3. The molecule has 1 heterocycles. The Balaban J connectivity index is 1.42. The van der Waals surface area contributed by atoms with E-state index < -0.39 is 5.91 Å². The lowest BCUT2D eigenvalue weighted by Gasteiger charge is -2.12. The predicted octanol–water partition coefficient (Wildman–Crippen LogP) is 6.11. The standard InChI is InChI=1S/C30H29N5O3S2/c1-19(2)22-11-9-21(10-12-22)17-26(32-28(37)23-7-5-4-6-8-23)29(38)31-24-13-15-25(16-14-24)39-18-27(36)33-30-35-34-20(3)40-30/h4-17,19H,18H2,1-3H3,(H,31,38)(H,32,37)(H,33,35,36)/b26-17-. The molecule has 0 bridgehead atoms. The van der Waals surface area contributed by atoms with Crippen LogP contribution >= 0.6 is 23.1 Å². The Kier molecular flexibility index (Phi) is 9.82. The van der Waals surface area contributed by atoms with Gasteiger partial charge in [0.1, 0.15) is 10.7 Å². The van der Waals surface area contributed by atoms with Gasteiger partial charge in [-0.05, 0) is 66.4 Å². The molecule has 0 saturated carbocycles. The van der Waals surface area contributed by atoms with Crippen LogP contribution in [0.1, 0.15) is 46.3 Å². The molecule has 0 radical (unpaired) electrons. The molecule has 0 saturated heterocycles. The number of nitrogens with zero attached hydrogens (tertiary/aromatic N) is 2. The van der Waals surface area contributed by atoms with Crippen molar-refractivity contribution in [1.82, 2.24) is 15.5 Å². The van der Waals surface area contributed by atoms with Gasteiger partial charge in [-0.1, -0.05) is 67.6 Å². The average Bonchev–Trinajstić information content (AvgIpc) is 3.37. The average molecular weight is 572 g/mol. The maximum Gasteiger partial charge on any atom is 0.272 e. The zero-order valence-electron chi connectivity index (χ0n) is 22.3. The van der Waals surface area contributed by atoms with E-state index in [9.17, 15) is 14.4 Å². The number of hydrogen-bond acceptors (Lipinski definition) is 7. The molecular weight excluding hydrogens is 542 g/mol. The van der Waals surface area contributed by atoms with Gasteiger partial charge in [0.25, 0.3) is 11.8 Å². The van der Waals surface area contributed by atoms with Crippen LogP contribution in [0.5, 0.6) is 0 Å². The van der Waals surface area contributed by atoms with Gasteiger partial charge in [-0.25, -0.2) is 0 Å². The van der Waals surface area contributed by atoms with Gasteiger partial charge in [-0.3, -0.25) is 19.7 Å². The zero-order valence-corrected chi connectivity index (χ0v) is 23.9. The molecule has 1 aromatic heterocycles. The van der Waals surface area contributed by atoms with E-state index in [1.54, 1.807) is 42.5 Å². The second-order valence-electron chi connectivity index (χ2n) is 9.14. The highest BCUT2D eigenvalue weighted by Gasteiger charge is 2.15. The fourth-order valence-electron chi connectivity index (χ4n) is 3.57. The van der Waals surface area contributed by atoms with Crippen molar-refractivity contribution in [2.45, 2.75) is 31.6 Å². The van der Waals surface area contributed by atoms with Gasteiger partial charge >= 0.3 is 0 Å². The summed E-state index contributed by atoms with van der Waals surface area (Å²) in [5.74, 6) is -0.422. The van der Waals surface area contributed by atoms with Crippen molar-refractivity contribution in [3.8, 4) is 0 Å². The lowest BCUT2D eigenvalue weighted by molar-refractivity contribution is -0.114. The van der Waals surface area contributed by atoms with Crippen molar-refractivity contribution in [1.29, 1.82) is 0 Å². The number of amides is 3. The van der Waals surface area contributed by atoms with E-state index in [-0.39, 0.29) is 23.3 Å². The summed E-state index contributed by atoms with van der Waals surface area (Å²) in [6, 6.07) is 23.7. The summed E-state index contributed by atoms with van der Waals surface area (Å²) in [5.41, 5.74) is 3.09. The Morgan fingerprint density at radius 3 is 2.23 bits per heavy atom. The normalized spacial score (nSPS) is 11.2. The SMILES string of the molecule is Cc1nnc(NC(=O)CSc2ccc(NC(=O)/C(=C/c3ccc(C(C)C)cc3)NC(=O)c3ccccc3)cc2)s1. The summed E-state index contributed by atoms with van der Waals surface area (Å²) in [5, 5.41) is 17.4. The number of thioether (sulfide) groups is 1. The molecule has 3 aromatic carbocycles. The highest BCUT2D eigenvalue weighted by molar-refractivity contribution is 8.00. The van der Waals surface area contributed by atoms with Crippen LogP contribution in [0.15, 0.2) is 89.5 Å². The first-order valence-corrected chi connectivity index (χ1v) is 14.4. The molecule has 0 aliphatic heterocycles. The summed E-state index contributed by atoms with van der Waals surface area (Å²) in [6.07, 6.45) is 1.66. The topological polar surface area (TPSA) is 113 Å². The number of aryl methyl sites for hydroxylation is 1. The van der Waals surface area contributed by atoms with E-state index in [0.29, 0.717) is 22.3 Å².